The fourth-order valence-corrected chi connectivity index (χ4v) is 2.16. The van der Waals surface area contributed by atoms with Gasteiger partial charge in [0.2, 0.25) is 5.91 Å². The van der Waals surface area contributed by atoms with Crippen LogP contribution in [0.3, 0.4) is 0 Å². The van der Waals surface area contributed by atoms with Gasteiger partial charge in [-0.05, 0) is 13.3 Å². The molecule has 0 aliphatic carbocycles. The van der Waals surface area contributed by atoms with E-state index in [2.05, 4.69) is 5.32 Å². The van der Waals surface area contributed by atoms with E-state index in [1.807, 2.05) is 11.8 Å². The zero-order valence-corrected chi connectivity index (χ0v) is 9.57. The Balaban J connectivity index is 1.88. The number of hydrogen-bond donors (Lipinski definition) is 1. The van der Waals surface area contributed by atoms with Crippen molar-refractivity contribution in [1.82, 2.24) is 10.2 Å². The molecule has 2 unspecified atom stereocenters. The van der Waals surface area contributed by atoms with Crippen LogP contribution in [0, 0.1) is 5.92 Å². The number of Topliss-reactive ketones (excluding diaryl/α,β-unsaturated/α-hetero) is 1. The molecule has 2 fully saturated rings. The second-order valence-electron chi connectivity index (χ2n) is 4.46. The van der Waals surface area contributed by atoms with E-state index in [1.165, 1.54) is 0 Å². The highest BCUT2D eigenvalue weighted by atomic mass is 16.5. The molecule has 5 nitrogen and oxygen atoms in total. The predicted octanol–water partition coefficient (Wildman–Crippen LogP) is -0.588. The van der Waals surface area contributed by atoms with E-state index in [-0.39, 0.29) is 23.7 Å². The standard InChI is InChI=1S/C11H18N2O3/c1-8-11(15)12-3-4-13(8)6-10(14)9-2-5-16-7-9/h8-9H,2-7H2,1H3,(H,12,15). The topological polar surface area (TPSA) is 58.6 Å². The summed E-state index contributed by atoms with van der Waals surface area (Å²) in [5.41, 5.74) is 0. The van der Waals surface area contributed by atoms with Gasteiger partial charge in [0.15, 0.2) is 5.78 Å². The first kappa shape index (κ1) is 11.5. The van der Waals surface area contributed by atoms with Crippen LogP contribution in [-0.4, -0.2) is 55.5 Å². The van der Waals surface area contributed by atoms with Crippen LogP contribution in [0.5, 0.6) is 0 Å². The van der Waals surface area contributed by atoms with Crippen molar-refractivity contribution in [3.63, 3.8) is 0 Å². The van der Waals surface area contributed by atoms with Crippen molar-refractivity contribution in [1.29, 1.82) is 0 Å². The van der Waals surface area contributed by atoms with Crippen molar-refractivity contribution < 1.29 is 14.3 Å². The van der Waals surface area contributed by atoms with E-state index in [0.717, 1.165) is 13.0 Å². The lowest BCUT2D eigenvalue weighted by Crippen LogP contribution is -2.55. The van der Waals surface area contributed by atoms with Crippen LogP contribution in [0.2, 0.25) is 0 Å². The van der Waals surface area contributed by atoms with Crippen LogP contribution >= 0.6 is 0 Å². The van der Waals surface area contributed by atoms with Crippen LogP contribution in [0.1, 0.15) is 13.3 Å². The van der Waals surface area contributed by atoms with Gasteiger partial charge in [-0.2, -0.15) is 0 Å². The van der Waals surface area contributed by atoms with Gasteiger partial charge in [0.05, 0.1) is 19.2 Å². The third kappa shape index (κ3) is 2.41. The van der Waals surface area contributed by atoms with E-state index < -0.39 is 0 Å². The van der Waals surface area contributed by atoms with Crippen molar-refractivity contribution in [3.05, 3.63) is 0 Å². The first-order chi connectivity index (χ1) is 7.68. The van der Waals surface area contributed by atoms with Gasteiger partial charge in [-0.25, -0.2) is 0 Å². The van der Waals surface area contributed by atoms with E-state index in [9.17, 15) is 9.59 Å². The molecule has 0 bridgehead atoms. The van der Waals surface area contributed by atoms with Gasteiger partial charge in [-0.3, -0.25) is 14.5 Å². The minimum Gasteiger partial charge on any atom is -0.381 e. The number of carbonyl (C=O) groups is 2. The third-order valence-electron chi connectivity index (χ3n) is 3.37. The van der Waals surface area contributed by atoms with Crippen molar-refractivity contribution in [2.45, 2.75) is 19.4 Å². The van der Waals surface area contributed by atoms with Crippen LogP contribution in [-0.2, 0) is 14.3 Å². The third-order valence-corrected chi connectivity index (χ3v) is 3.37. The molecule has 2 aliphatic heterocycles. The zero-order chi connectivity index (χ0) is 11.5. The molecular formula is C11H18N2O3. The summed E-state index contributed by atoms with van der Waals surface area (Å²) in [7, 11) is 0. The van der Waals surface area contributed by atoms with E-state index in [1.54, 1.807) is 0 Å². The van der Waals surface area contributed by atoms with Gasteiger partial charge >= 0.3 is 0 Å². The van der Waals surface area contributed by atoms with Crippen molar-refractivity contribution in [3.8, 4) is 0 Å². The maximum atomic E-state index is 11.9. The number of hydrogen-bond acceptors (Lipinski definition) is 4. The summed E-state index contributed by atoms with van der Waals surface area (Å²) < 4.78 is 5.20. The lowest BCUT2D eigenvalue weighted by atomic mass is 10.0. The Morgan fingerprint density at radius 3 is 3.12 bits per heavy atom. The Kier molecular flexibility index (Phi) is 3.56. The molecule has 16 heavy (non-hydrogen) atoms. The number of piperazine rings is 1. The monoisotopic (exact) mass is 226 g/mol. The molecule has 0 spiro atoms. The number of nitrogens with zero attached hydrogens (tertiary/aromatic N) is 1. The molecule has 2 atom stereocenters. The van der Waals surface area contributed by atoms with Crippen molar-refractivity contribution in [2.24, 2.45) is 5.92 Å². The van der Waals surface area contributed by atoms with Crippen LogP contribution in [0.25, 0.3) is 0 Å². The van der Waals surface area contributed by atoms with Crippen LogP contribution in [0.4, 0.5) is 0 Å². The molecule has 0 aromatic carbocycles. The Morgan fingerprint density at radius 1 is 1.62 bits per heavy atom. The van der Waals surface area contributed by atoms with Gasteiger partial charge in [-0.15, -0.1) is 0 Å². The normalized spacial score (nSPS) is 31.4. The molecule has 90 valence electrons. The summed E-state index contributed by atoms with van der Waals surface area (Å²) in [6.45, 7) is 4.85. The van der Waals surface area contributed by atoms with Crippen LogP contribution in [0.15, 0.2) is 0 Å². The number of nitrogens with one attached hydrogen (secondary N) is 1. The molecule has 0 saturated carbocycles. The number of rotatable bonds is 3. The first-order valence-corrected chi connectivity index (χ1v) is 5.80. The van der Waals surface area contributed by atoms with E-state index >= 15 is 0 Å². The molecule has 0 aromatic rings. The largest absolute Gasteiger partial charge is 0.381 e. The molecule has 1 N–H and O–H groups in total. The number of ketones is 1. The molecule has 2 rings (SSSR count). The number of ether oxygens (including phenoxy) is 1. The van der Waals surface area contributed by atoms with E-state index in [0.29, 0.717) is 26.3 Å². The van der Waals surface area contributed by atoms with Gasteiger partial charge in [0, 0.05) is 25.6 Å². The van der Waals surface area contributed by atoms with Crippen LogP contribution < -0.4 is 5.32 Å². The highest BCUT2D eigenvalue weighted by molar-refractivity contribution is 5.86. The highest BCUT2D eigenvalue weighted by Crippen LogP contribution is 2.15. The summed E-state index contributed by atoms with van der Waals surface area (Å²) in [5.74, 6) is 0.262. The molecule has 2 heterocycles. The summed E-state index contributed by atoms with van der Waals surface area (Å²) >= 11 is 0. The fourth-order valence-electron chi connectivity index (χ4n) is 2.16. The summed E-state index contributed by atoms with van der Waals surface area (Å²) in [5, 5.41) is 2.79. The maximum absolute atomic E-state index is 11.9. The molecule has 0 radical (unpaired) electrons. The number of amides is 1. The lowest BCUT2D eigenvalue weighted by molar-refractivity contribution is -0.131. The minimum atomic E-state index is -0.194. The maximum Gasteiger partial charge on any atom is 0.237 e. The van der Waals surface area contributed by atoms with Crippen molar-refractivity contribution >= 4 is 11.7 Å². The molecule has 1 amide bonds. The molecular weight excluding hydrogens is 208 g/mol. The molecule has 2 aliphatic rings. The summed E-state index contributed by atoms with van der Waals surface area (Å²) in [4.78, 5) is 25.3. The Hall–Kier alpha value is -0.940. The zero-order valence-electron chi connectivity index (χ0n) is 9.57. The van der Waals surface area contributed by atoms with E-state index in [4.69, 9.17) is 4.74 Å². The second kappa shape index (κ2) is 4.93. The summed E-state index contributed by atoms with van der Waals surface area (Å²) in [6.07, 6.45) is 0.827. The first-order valence-electron chi connectivity index (χ1n) is 5.80. The average molecular weight is 226 g/mol. The predicted molar refractivity (Wildman–Crippen MR) is 58.0 cm³/mol. The smallest absolute Gasteiger partial charge is 0.237 e. The molecule has 2 saturated heterocycles. The Bertz CT molecular complexity index is 287. The Labute approximate surface area is 95.1 Å². The quantitative estimate of drug-likeness (QED) is 0.699. The van der Waals surface area contributed by atoms with Gasteiger partial charge < -0.3 is 10.1 Å². The Morgan fingerprint density at radius 2 is 2.44 bits per heavy atom. The van der Waals surface area contributed by atoms with Gasteiger partial charge in [-0.1, -0.05) is 0 Å². The highest BCUT2D eigenvalue weighted by Gasteiger charge is 2.30. The molecule has 5 heteroatoms. The van der Waals surface area contributed by atoms with Crippen molar-refractivity contribution in [2.75, 3.05) is 32.8 Å². The second-order valence-corrected chi connectivity index (χ2v) is 4.46. The fraction of sp³-hybridized carbons (Fsp3) is 0.818. The lowest BCUT2D eigenvalue weighted by Gasteiger charge is -2.32. The molecule has 0 aromatic heterocycles. The average Bonchev–Trinajstić information content (AvgIpc) is 2.78. The van der Waals surface area contributed by atoms with Gasteiger partial charge in [0.25, 0.3) is 0 Å². The SMILES string of the molecule is CC1C(=O)NCCN1CC(=O)C1CCOC1. The number of carbonyl (C=O) groups excluding carboxylic acids is 2. The minimum absolute atomic E-state index is 0.0155. The summed E-state index contributed by atoms with van der Waals surface area (Å²) in [6, 6.07) is -0.194. The van der Waals surface area contributed by atoms with Gasteiger partial charge in [0.1, 0.15) is 0 Å².